The molecule has 0 N–H and O–H groups in total. The van der Waals surface area contributed by atoms with E-state index in [-0.39, 0.29) is 23.1 Å². The van der Waals surface area contributed by atoms with Gasteiger partial charge in [-0.25, -0.2) is 4.39 Å². The van der Waals surface area contributed by atoms with Gasteiger partial charge in [0, 0.05) is 5.56 Å². The minimum absolute atomic E-state index is 0.0416. The average molecular weight is 264 g/mol. The lowest BCUT2D eigenvalue weighted by Gasteiger charge is -2.47. The maximum absolute atomic E-state index is 13.5. The molecule has 0 bridgehead atoms. The van der Waals surface area contributed by atoms with Crippen LogP contribution >= 0.6 is 0 Å². The number of hydrogen-bond acceptors (Lipinski definition) is 2. The molecule has 3 heteroatoms. The summed E-state index contributed by atoms with van der Waals surface area (Å²) in [4.78, 5) is 0. The van der Waals surface area contributed by atoms with Gasteiger partial charge in [0.1, 0.15) is 5.82 Å². The molecule has 1 aromatic carbocycles. The highest BCUT2D eigenvalue weighted by Gasteiger charge is 2.55. The van der Waals surface area contributed by atoms with Crippen LogP contribution in [-0.4, -0.2) is 17.3 Å². The van der Waals surface area contributed by atoms with Gasteiger partial charge in [-0.1, -0.05) is 18.2 Å². The van der Waals surface area contributed by atoms with Crippen molar-refractivity contribution in [2.24, 2.45) is 0 Å². The molecular formula is C16H21FO2. The van der Waals surface area contributed by atoms with Crippen molar-refractivity contribution < 1.29 is 13.9 Å². The predicted octanol–water partition coefficient (Wildman–Crippen LogP) is 3.83. The molecular weight excluding hydrogens is 243 g/mol. The number of hydrogen-bond donors (Lipinski definition) is 0. The fourth-order valence-electron chi connectivity index (χ4n) is 3.19. The Bertz CT molecular complexity index is 472. The minimum atomic E-state index is -0.191. The largest absolute Gasteiger partial charge is 0.370 e. The number of ether oxygens (including phenoxy) is 2. The molecule has 1 aliphatic carbocycles. The second kappa shape index (κ2) is 4.57. The minimum Gasteiger partial charge on any atom is -0.370 e. The molecule has 0 amide bonds. The summed E-state index contributed by atoms with van der Waals surface area (Å²) in [5.74, 6) is -0.191. The fraction of sp³-hybridized carbons (Fsp3) is 0.625. The Kier molecular flexibility index (Phi) is 3.14. The molecule has 1 heterocycles. The van der Waals surface area contributed by atoms with E-state index in [4.69, 9.17) is 9.47 Å². The van der Waals surface area contributed by atoms with Gasteiger partial charge in [0.25, 0.3) is 0 Å². The molecule has 0 radical (unpaired) electrons. The van der Waals surface area contributed by atoms with E-state index in [1.807, 2.05) is 6.07 Å². The van der Waals surface area contributed by atoms with Crippen molar-refractivity contribution in [3.8, 4) is 0 Å². The van der Waals surface area contributed by atoms with Gasteiger partial charge in [0.2, 0.25) is 0 Å². The highest BCUT2D eigenvalue weighted by Crippen LogP contribution is 2.50. The van der Waals surface area contributed by atoms with E-state index in [1.165, 1.54) is 6.07 Å². The van der Waals surface area contributed by atoms with Crippen LogP contribution in [0.5, 0.6) is 0 Å². The summed E-state index contributed by atoms with van der Waals surface area (Å²) in [6.45, 7) is 4.60. The first-order chi connectivity index (χ1) is 9.01. The Labute approximate surface area is 113 Å². The summed E-state index contributed by atoms with van der Waals surface area (Å²) in [5, 5.41) is 0. The third-order valence-corrected chi connectivity index (χ3v) is 4.44. The standard InChI is InChI=1S/C16H21FO2/c1-15(2)9-10-16(19-15)8-7-14(16)18-11-12-5-3-4-6-13(12)17/h3-6,14H,7-11H2,1-2H3. The van der Waals surface area contributed by atoms with E-state index in [2.05, 4.69) is 13.8 Å². The highest BCUT2D eigenvalue weighted by atomic mass is 19.1. The average Bonchev–Trinajstić information content (AvgIpc) is 2.69. The predicted molar refractivity (Wildman–Crippen MR) is 71.3 cm³/mol. The van der Waals surface area contributed by atoms with Crippen molar-refractivity contribution >= 4 is 0 Å². The summed E-state index contributed by atoms with van der Waals surface area (Å²) in [7, 11) is 0. The molecule has 1 saturated carbocycles. The lowest BCUT2D eigenvalue weighted by Crippen LogP contribution is -2.53. The van der Waals surface area contributed by atoms with Crippen LogP contribution in [0, 0.1) is 5.82 Å². The fourth-order valence-corrected chi connectivity index (χ4v) is 3.19. The van der Waals surface area contributed by atoms with E-state index in [0.717, 1.165) is 25.7 Å². The quantitative estimate of drug-likeness (QED) is 0.826. The molecule has 2 unspecified atom stereocenters. The van der Waals surface area contributed by atoms with Crippen molar-refractivity contribution in [3.63, 3.8) is 0 Å². The zero-order chi connectivity index (χ0) is 13.5. The molecule has 0 aromatic heterocycles. The molecule has 19 heavy (non-hydrogen) atoms. The first-order valence-electron chi connectivity index (χ1n) is 7.06. The van der Waals surface area contributed by atoms with Crippen molar-refractivity contribution in [2.45, 2.75) is 63.4 Å². The molecule has 2 nitrogen and oxygen atoms in total. The number of benzene rings is 1. The lowest BCUT2D eigenvalue weighted by atomic mass is 9.75. The monoisotopic (exact) mass is 264 g/mol. The van der Waals surface area contributed by atoms with Gasteiger partial charge >= 0.3 is 0 Å². The van der Waals surface area contributed by atoms with E-state index in [0.29, 0.717) is 12.2 Å². The van der Waals surface area contributed by atoms with Crippen LogP contribution in [0.4, 0.5) is 4.39 Å². The van der Waals surface area contributed by atoms with E-state index < -0.39 is 0 Å². The Balaban J connectivity index is 1.61. The van der Waals surface area contributed by atoms with Crippen LogP contribution in [0.1, 0.15) is 45.1 Å². The Morgan fingerprint density at radius 1 is 1.26 bits per heavy atom. The van der Waals surface area contributed by atoms with Crippen LogP contribution in [0.3, 0.4) is 0 Å². The van der Waals surface area contributed by atoms with Crippen molar-refractivity contribution in [1.29, 1.82) is 0 Å². The maximum Gasteiger partial charge on any atom is 0.128 e. The molecule has 1 aromatic rings. The summed E-state index contributed by atoms with van der Waals surface area (Å²) in [5.41, 5.74) is 0.483. The van der Waals surface area contributed by atoms with Gasteiger partial charge in [0.15, 0.2) is 0 Å². The topological polar surface area (TPSA) is 18.5 Å². The lowest BCUT2D eigenvalue weighted by molar-refractivity contribution is -0.215. The summed E-state index contributed by atoms with van der Waals surface area (Å²) in [6.07, 6.45) is 4.34. The second-order valence-corrected chi connectivity index (χ2v) is 6.36. The zero-order valence-corrected chi connectivity index (χ0v) is 11.6. The van der Waals surface area contributed by atoms with Gasteiger partial charge < -0.3 is 9.47 Å². The number of rotatable bonds is 3. The zero-order valence-electron chi connectivity index (χ0n) is 11.6. The SMILES string of the molecule is CC1(C)CCC2(CCC2OCc2ccccc2F)O1. The molecule has 3 rings (SSSR count). The molecule has 1 spiro atoms. The molecule has 1 saturated heterocycles. The number of halogens is 1. The normalized spacial score (nSPS) is 32.5. The van der Waals surface area contributed by atoms with Crippen molar-refractivity contribution in [2.75, 3.05) is 0 Å². The van der Waals surface area contributed by atoms with E-state index in [1.54, 1.807) is 12.1 Å². The Morgan fingerprint density at radius 3 is 2.63 bits per heavy atom. The van der Waals surface area contributed by atoms with E-state index in [9.17, 15) is 4.39 Å². The molecule has 1 aliphatic heterocycles. The van der Waals surface area contributed by atoms with Crippen LogP contribution in [0.2, 0.25) is 0 Å². The van der Waals surface area contributed by atoms with Crippen LogP contribution in [0.25, 0.3) is 0 Å². The highest BCUT2D eigenvalue weighted by molar-refractivity contribution is 5.16. The maximum atomic E-state index is 13.5. The van der Waals surface area contributed by atoms with Crippen LogP contribution in [-0.2, 0) is 16.1 Å². The van der Waals surface area contributed by atoms with Crippen molar-refractivity contribution in [3.05, 3.63) is 35.6 Å². The van der Waals surface area contributed by atoms with Gasteiger partial charge in [0.05, 0.1) is 23.9 Å². The third-order valence-electron chi connectivity index (χ3n) is 4.44. The molecule has 2 aliphatic rings. The summed E-state index contributed by atoms with van der Waals surface area (Å²) in [6, 6.07) is 6.80. The first kappa shape index (κ1) is 13.1. The van der Waals surface area contributed by atoms with Crippen LogP contribution < -0.4 is 0 Å². The molecule has 2 fully saturated rings. The smallest absolute Gasteiger partial charge is 0.128 e. The van der Waals surface area contributed by atoms with Gasteiger partial charge in [-0.05, 0) is 45.6 Å². The van der Waals surface area contributed by atoms with E-state index >= 15 is 0 Å². The summed E-state index contributed by atoms with van der Waals surface area (Å²) < 4.78 is 25.6. The van der Waals surface area contributed by atoms with Gasteiger partial charge in [-0.3, -0.25) is 0 Å². The second-order valence-electron chi connectivity index (χ2n) is 6.36. The third kappa shape index (κ3) is 2.41. The Hall–Kier alpha value is -0.930. The first-order valence-corrected chi connectivity index (χ1v) is 7.06. The van der Waals surface area contributed by atoms with Crippen molar-refractivity contribution in [1.82, 2.24) is 0 Å². The Morgan fingerprint density at radius 2 is 2.05 bits per heavy atom. The van der Waals surface area contributed by atoms with Gasteiger partial charge in [-0.15, -0.1) is 0 Å². The van der Waals surface area contributed by atoms with Crippen LogP contribution in [0.15, 0.2) is 24.3 Å². The molecule has 104 valence electrons. The molecule has 2 atom stereocenters. The van der Waals surface area contributed by atoms with Gasteiger partial charge in [-0.2, -0.15) is 0 Å². The summed E-state index contributed by atoms with van der Waals surface area (Å²) >= 11 is 0.